The molecule has 7 heavy (non-hydrogen) atoms. The molecule has 0 spiro atoms. The van der Waals surface area contributed by atoms with E-state index >= 15 is 0 Å². The van der Waals surface area contributed by atoms with Gasteiger partial charge >= 0.3 is 0 Å². The molecule has 2 N–H and O–H groups in total. The van der Waals surface area contributed by atoms with Gasteiger partial charge in [0.2, 0.25) is 0 Å². The highest BCUT2D eigenvalue weighted by Crippen LogP contribution is 1.91. The highest BCUT2D eigenvalue weighted by Gasteiger charge is 1.99. The number of nitrogens with two attached hydrogens (primary N) is 1. The van der Waals surface area contributed by atoms with Crippen molar-refractivity contribution >= 4 is 0 Å². The van der Waals surface area contributed by atoms with Gasteiger partial charge in [0.1, 0.15) is 0 Å². The lowest BCUT2D eigenvalue weighted by molar-refractivity contribution is 0.147. The Balaban J connectivity index is 2.36. The van der Waals surface area contributed by atoms with E-state index in [1.807, 2.05) is 12.2 Å². The molecule has 1 aliphatic rings. The standard InChI is InChI=1S/C5H9NO/c6-5-2-1-3-7-4-5/h1-2,5H,3-4,6H2. The minimum Gasteiger partial charge on any atom is -0.375 e. The molecule has 1 rings (SSSR count). The molecule has 0 aromatic heterocycles. The average molecular weight is 99.1 g/mol. The molecule has 0 bridgehead atoms. The third-order valence-electron chi connectivity index (χ3n) is 0.908. The van der Waals surface area contributed by atoms with Gasteiger partial charge in [0.15, 0.2) is 0 Å². The maximum atomic E-state index is 5.42. The van der Waals surface area contributed by atoms with Crippen molar-refractivity contribution in [3.8, 4) is 0 Å². The number of ether oxygens (including phenoxy) is 1. The van der Waals surface area contributed by atoms with E-state index < -0.39 is 0 Å². The van der Waals surface area contributed by atoms with Crippen molar-refractivity contribution in [1.29, 1.82) is 0 Å². The molecule has 1 unspecified atom stereocenters. The number of hydrogen-bond donors (Lipinski definition) is 1. The van der Waals surface area contributed by atoms with Crippen LogP contribution >= 0.6 is 0 Å². The predicted molar refractivity (Wildman–Crippen MR) is 27.9 cm³/mol. The molecule has 0 aliphatic carbocycles. The van der Waals surface area contributed by atoms with Gasteiger partial charge in [-0.25, -0.2) is 0 Å². The Hall–Kier alpha value is -0.340. The van der Waals surface area contributed by atoms with E-state index in [1.165, 1.54) is 0 Å². The molecule has 1 aliphatic heterocycles. The van der Waals surface area contributed by atoms with E-state index in [9.17, 15) is 0 Å². The van der Waals surface area contributed by atoms with Crippen LogP contribution in [0.5, 0.6) is 0 Å². The van der Waals surface area contributed by atoms with Crippen molar-refractivity contribution in [3.63, 3.8) is 0 Å². The third-order valence-corrected chi connectivity index (χ3v) is 0.908. The maximum absolute atomic E-state index is 5.42. The largest absolute Gasteiger partial charge is 0.375 e. The summed E-state index contributed by atoms with van der Waals surface area (Å²) in [7, 11) is 0. The molecular formula is C5H9NO. The predicted octanol–water partition coefficient (Wildman–Crippen LogP) is -0.0999. The molecule has 0 amide bonds. The molecular weight excluding hydrogens is 90.1 g/mol. The van der Waals surface area contributed by atoms with Crippen molar-refractivity contribution in [3.05, 3.63) is 12.2 Å². The summed E-state index contributed by atoms with van der Waals surface area (Å²) in [4.78, 5) is 0. The summed E-state index contributed by atoms with van der Waals surface area (Å²) < 4.78 is 4.97. The van der Waals surface area contributed by atoms with E-state index in [0.29, 0.717) is 6.61 Å². The number of hydrogen-bond acceptors (Lipinski definition) is 2. The van der Waals surface area contributed by atoms with Gasteiger partial charge in [-0.05, 0) is 0 Å². The van der Waals surface area contributed by atoms with Crippen LogP contribution in [0.2, 0.25) is 0 Å². The van der Waals surface area contributed by atoms with E-state index in [-0.39, 0.29) is 6.04 Å². The summed E-state index contributed by atoms with van der Waals surface area (Å²) in [6.07, 6.45) is 3.90. The molecule has 0 saturated carbocycles. The fourth-order valence-electron chi connectivity index (χ4n) is 0.558. The fourth-order valence-corrected chi connectivity index (χ4v) is 0.558. The second-order valence-corrected chi connectivity index (χ2v) is 1.63. The Morgan fingerprint density at radius 1 is 1.71 bits per heavy atom. The normalized spacial score (nSPS) is 30.7. The SMILES string of the molecule is NC1C=CCOC1. The first-order valence-corrected chi connectivity index (χ1v) is 2.39. The lowest BCUT2D eigenvalue weighted by atomic mass is 10.3. The van der Waals surface area contributed by atoms with Gasteiger partial charge in [-0.2, -0.15) is 0 Å². The van der Waals surface area contributed by atoms with Gasteiger partial charge in [0, 0.05) is 6.04 Å². The summed E-state index contributed by atoms with van der Waals surface area (Å²) >= 11 is 0. The fraction of sp³-hybridized carbons (Fsp3) is 0.600. The van der Waals surface area contributed by atoms with Crippen LogP contribution in [0.25, 0.3) is 0 Å². The van der Waals surface area contributed by atoms with E-state index in [1.54, 1.807) is 0 Å². The molecule has 1 heterocycles. The smallest absolute Gasteiger partial charge is 0.0657 e. The zero-order chi connectivity index (χ0) is 5.11. The van der Waals surface area contributed by atoms with Crippen LogP contribution in [0.3, 0.4) is 0 Å². The maximum Gasteiger partial charge on any atom is 0.0657 e. The van der Waals surface area contributed by atoms with Crippen molar-refractivity contribution in [1.82, 2.24) is 0 Å². The molecule has 0 aromatic carbocycles. The Kier molecular flexibility index (Phi) is 1.44. The number of rotatable bonds is 0. The molecule has 1 atom stereocenters. The summed E-state index contributed by atoms with van der Waals surface area (Å²) in [5.74, 6) is 0. The lowest BCUT2D eigenvalue weighted by Gasteiger charge is -2.10. The molecule has 2 nitrogen and oxygen atoms in total. The second kappa shape index (κ2) is 2.09. The van der Waals surface area contributed by atoms with Gasteiger partial charge in [0.25, 0.3) is 0 Å². The first-order chi connectivity index (χ1) is 3.39. The molecule has 0 fully saturated rings. The zero-order valence-corrected chi connectivity index (χ0v) is 4.13. The van der Waals surface area contributed by atoms with Crippen LogP contribution in [0.15, 0.2) is 12.2 Å². The first-order valence-electron chi connectivity index (χ1n) is 2.39. The highest BCUT2D eigenvalue weighted by atomic mass is 16.5. The first kappa shape index (κ1) is 4.81. The van der Waals surface area contributed by atoms with Crippen LogP contribution in [-0.2, 0) is 4.74 Å². The van der Waals surface area contributed by atoms with Gasteiger partial charge in [0.05, 0.1) is 13.2 Å². The molecule has 40 valence electrons. The van der Waals surface area contributed by atoms with Crippen LogP contribution < -0.4 is 5.73 Å². The second-order valence-electron chi connectivity index (χ2n) is 1.63. The van der Waals surface area contributed by atoms with Gasteiger partial charge in [-0.1, -0.05) is 12.2 Å². The minimum atomic E-state index is 0.133. The summed E-state index contributed by atoms with van der Waals surface area (Å²) in [5, 5.41) is 0. The van der Waals surface area contributed by atoms with E-state index in [2.05, 4.69) is 0 Å². The Labute approximate surface area is 43.0 Å². The van der Waals surface area contributed by atoms with Gasteiger partial charge < -0.3 is 10.5 Å². The Morgan fingerprint density at radius 2 is 2.57 bits per heavy atom. The molecule has 0 saturated heterocycles. The van der Waals surface area contributed by atoms with Gasteiger partial charge in [-0.15, -0.1) is 0 Å². The van der Waals surface area contributed by atoms with Gasteiger partial charge in [-0.3, -0.25) is 0 Å². The van der Waals surface area contributed by atoms with Crippen LogP contribution in [0, 0.1) is 0 Å². The summed E-state index contributed by atoms with van der Waals surface area (Å²) in [6.45, 7) is 1.41. The highest BCUT2D eigenvalue weighted by molar-refractivity contribution is 4.94. The topological polar surface area (TPSA) is 35.2 Å². The van der Waals surface area contributed by atoms with Crippen molar-refractivity contribution in [2.24, 2.45) is 5.73 Å². The minimum absolute atomic E-state index is 0.133. The van der Waals surface area contributed by atoms with Crippen molar-refractivity contribution in [2.45, 2.75) is 6.04 Å². The Morgan fingerprint density at radius 3 is 2.86 bits per heavy atom. The van der Waals surface area contributed by atoms with Crippen molar-refractivity contribution in [2.75, 3.05) is 13.2 Å². The van der Waals surface area contributed by atoms with Crippen molar-refractivity contribution < 1.29 is 4.74 Å². The lowest BCUT2D eigenvalue weighted by Crippen LogP contribution is -2.26. The Bertz CT molecular complexity index is 80.1. The summed E-state index contributed by atoms with van der Waals surface area (Å²) in [5.41, 5.74) is 5.42. The average Bonchev–Trinajstić information content (AvgIpc) is 1.69. The van der Waals surface area contributed by atoms with E-state index in [4.69, 9.17) is 10.5 Å². The quantitative estimate of drug-likeness (QED) is 0.430. The van der Waals surface area contributed by atoms with Crippen LogP contribution in [0.1, 0.15) is 0 Å². The molecule has 0 aromatic rings. The third kappa shape index (κ3) is 1.29. The molecule has 2 heteroatoms. The summed E-state index contributed by atoms with van der Waals surface area (Å²) in [6, 6.07) is 0.133. The van der Waals surface area contributed by atoms with Crippen LogP contribution in [-0.4, -0.2) is 19.3 Å². The monoisotopic (exact) mass is 99.1 g/mol. The molecule has 0 radical (unpaired) electrons. The van der Waals surface area contributed by atoms with Crippen LogP contribution in [0.4, 0.5) is 0 Å². The van der Waals surface area contributed by atoms with E-state index in [0.717, 1.165) is 6.61 Å². The zero-order valence-electron chi connectivity index (χ0n) is 4.13.